The van der Waals surface area contributed by atoms with Gasteiger partial charge in [0, 0.05) is 7.05 Å². The number of carbonyl (C=O) groups is 1. The number of anilines is 1. The summed E-state index contributed by atoms with van der Waals surface area (Å²) in [6.07, 6.45) is 0. The van der Waals surface area contributed by atoms with Crippen molar-refractivity contribution in [2.75, 3.05) is 5.32 Å². The summed E-state index contributed by atoms with van der Waals surface area (Å²) in [4.78, 5) is 22.7. The molecule has 0 saturated heterocycles. The molecule has 2 rings (SSSR count). The Kier molecular flexibility index (Phi) is 4.77. The quantitative estimate of drug-likeness (QED) is 0.666. The lowest BCUT2D eigenvalue weighted by molar-refractivity contribution is -0.385. The van der Waals surface area contributed by atoms with Crippen LogP contribution in [0.25, 0.3) is 0 Å². The van der Waals surface area contributed by atoms with Crippen molar-refractivity contribution in [1.82, 2.24) is 9.78 Å². The first kappa shape index (κ1) is 17.3. The molecule has 24 heavy (non-hydrogen) atoms. The highest BCUT2D eigenvalue weighted by molar-refractivity contribution is 6.06. The smallest absolute Gasteiger partial charge is 0.387 e. The van der Waals surface area contributed by atoms with Gasteiger partial charge in [-0.2, -0.15) is 13.9 Å². The number of aryl methyl sites for hydroxylation is 2. The van der Waals surface area contributed by atoms with E-state index < -0.39 is 28.8 Å². The van der Waals surface area contributed by atoms with Crippen LogP contribution >= 0.6 is 0 Å². The fourth-order valence-corrected chi connectivity index (χ4v) is 2.08. The van der Waals surface area contributed by atoms with Gasteiger partial charge in [-0.1, -0.05) is 6.07 Å². The van der Waals surface area contributed by atoms with Crippen molar-refractivity contribution < 1.29 is 23.2 Å². The number of hydrogen-bond acceptors (Lipinski definition) is 5. The van der Waals surface area contributed by atoms with Crippen molar-refractivity contribution in [3.05, 3.63) is 45.3 Å². The van der Waals surface area contributed by atoms with E-state index in [0.29, 0.717) is 5.56 Å². The molecule has 1 heterocycles. The minimum atomic E-state index is -3.08. The Balaban J connectivity index is 2.37. The fraction of sp³-hybridized carbons (Fsp3) is 0.286. The highest BCUT2D eigenvalue weighted by Gasteiger charge is 2.29. The Hall–Kier alpha value is -3.04. The molecule has 0 fully saturated rings. The van der Waals surface area contributed by atoms with E-state index >= 15 is 0 Å². The van der Waals surface area contributed by atoms with Crippen LogP contribution in [0.2, 0.25) is 0 Å². The third-order valence-corrected chi connectivity index (χ3v) is 3.30. The van der Waals surface area contributed by atoms with Crippen LogP contribution in [0, 0.1) is 24.0 Å². The van der Waals surface area contributed by atoms with E-state index in [0.717, 1.165) is 0 Å². The lowest BCUT2D eigenvalue weighted by atomic mass is 10.2. The van der Waals surface area contributed by atoms with Gasteiger partial charge in [-0.3, -0.25) is 19.6 Å². The Morgan fingerprint density at radius 2 is 2.08 bits per heavy atom. The summed E-state index contributed by atoms with van der Waals surface area (Å²) in [5.41, 5.74) is -0.0630. The Bertz CT molecular complexity index is 804. The fourth-order valence-electron chi connectivity index (χ4n) is 2.08. The number of ether oxygens (including phenoxy) is 1. The lowest BCUT2D eigenvalue weighted by Gasteiger charge is -2.12. The van der Waals surface area contributed by atoms with Gasteiger partial charge in [-0.25, -0.2) is 0 Å². The topological polar surface area (TPSA) is 99.3 Å². The highest BCUT2D eigenvalue weighted by atomic mass is 19.3. The second kappa shape index (κ2) is 6.60. The van der Waals surface area contributed by atoms with E-state index in [2.05, 4.69) is 15.2 Å². The lowest BCUT2D eigenvalue weighted by Crippen LogP contribution is -2.16. The molecule has 1 amide bonds. The number of nitrogens with zero attached hydrogens (tertiary/aromatic N) is 3. The molecule has 1 aromatic heterocycles. The van der Waals surface area contributed by atoms with Gasteiger partial charge < -0.3 is 10.1 Å². The molecule has 0 bridgehead atoms. The molecule has 0 unspecified atom stereocenters. The van der Waals surface area contributed by atoms with Crippen LogP contribution in [-0.4, -0.2) is 27.2 Å². The predicted octanol–water partition coefficient (Wildman–Crippen LogP) is 2.80. The van der Waals surface area contributed by atoms with Crippen molar-refractivity contribution in [2.24, 2.45) is 7.05 Å². The molecule has 1 aromatic carbocycles. The van der Waals surface area contributed by atoms with E-state index in [9.17, 15) is 23.7 Å². The summed E-state index contributed by atoms with van der Waals surface area (Å²) in [6.45, 7) is 0.0320. The van der Waals surface area contributed by atoms with Crippen LogP contribution in [0.15, 0.2) is 18.2 Å². The molecular weight excluding hydrogens is 326 g/mol. The van der Waals surface area contributed by atoms with E-state index in [1.165, 1.54) is 30.8 Å². The van der Waals surface area contributed by atoms with Crippen LogP contribution in [0.1, 0.15) is 21.7 Å². The van der Waals surface area contributed by atoms with E-state index in [-0.39, 0.29) is 17.1 Å². The average molecular weight is 340 g/mol. The zero-order valence-electron chi connectivity index (χ0n) is 13.0. The maximum Gasteiger partial charge on any atom is 0.387 e. The first-order chi connectivity index (χ1) is 11.2. The van der Waals surface area contributed by atoms with Crippen molar-refractivity contribution in [2.45, 2.75) is 20.5 Å². The summed E-state index contributed by atoms with van der Waals surface area (Å²) >= 11 is 0. The number of carbonyl (C=O) groups excluding carboxylic acids is 1. The monoisotopic (exact) mass is 340 g/mol. The van der Waals surface area contributed by atoms with E-state index in [1.54, 1.807) is 13.0 Å². The standard InChI is InChI=1S/C14H14F2N4O4/c1-7-4-5-9(10(6-7)24-14(15)16)17-13(21)11-12(20(22)23)8(2)19(3)18-11/h4-6,14H,1-3H3,(H,17,21). The summed E-state index contributed by atoms with van der Waals surface area (Å²) in [7, 11) is 1.45. The predicted molar refractivity (Wildman–Crippen MR) is 80.4 cm³/mol. The number of hydrogen-bond donors (Lipinski definition) is 1. The van der Waals surface area contributed by atoms with Gasteiger partial charge in [0.1, 0.15) is 11.4 Å². The van der Waals surface area contributed by atoms with Gasteiger partial charge in [0.2, 0.25) is 5.69 Å². The second-order valence-electron chi connectivity index (χ2n) is 5.00. The van der Waals surface area contributed by atoms with Gasteiger partial charge >= 0.3 is 12.3 Å². The van der Waals surface area contributed by atoms with Crippen LogP contribution in [0.5, 0.6) is 5.75 Å². The summed E-state index contributed by atoms with van der Waals surface area (Å²) in [6, 6.07) is 4.26. The zero-order valence-corrected chi connectivity index (χ0v) is 13.0. The van der Waals surface area contributed by atoms with Crippen LogP contribution < -0.4 is 10.1 Å². The summed E-state index contributed by atoms with van der Waals surface area (Å²) < 4.78 is 30.5. The average Bonchev–Trinajstić information content (AvgIpc) is 2.77. The molecule has 0 radical (unpaired) electrons. The first-order valence-electron chi connectivity index (χ1n) is 6.75. The number of rotatable bonds is 5. The molecule has 1 N–H and O–H groups in total. The largest absolute Gasteiger partial charge is 0.433 e. The zero-order chi connectivity index (χ0) is 18.0. The molecule has 0 atom stereocenters. The number of halogens is 2. The SMILES string of the molecule is Cc1ccc(NC(=O)c2nn(C)c(C)c2[N+](=O)[O-])c(OC(F)F)c1. The molecule has 0 aliphatic rings. The van der Waals surface area contributed by atoms with Crippen molar-refractivity contribution in [1.29, 1.82) is 0 Å². The van der Waals surface area contributed by atoms with Gasteiger partial charge in [-0.05, 0) is 31.5 Å². The van der Waals surface area contributed by atoms with E-state index in [4.69, 9.17) is 0 Å². The minimum Gasteiger partial charge on any atom is -0.433 e. The minimum absolute atomic E-state index is 0.0384. The number of nitrogens with one attached hydrogen (secondary N) is 1. The molecule has 8 nitrogen and oxygen atoms in total. The molecule has 0 spiro atoms. The van der Waals surface area contributed by atoms with Gasteiger partial charge in [0.15, 0.2) is 0 Å². The Labute approximate surface area is 135 Å². The normalized spacial score (nSPS) is 10.8. The molecule has 0 aliphatic carbocycles. The van der Waals surface area contributed by atoms with Crippen molar-refractivity contribution >= 4 is 17.3 Å². The van der Waals surface area contributed by atoms with Gasteiger partial charge in [-0.15, -0.1) is 0 Å². The summed E-state index contributed by atoms with van der Waals surface area (Å²) in [5.74, 6) is -1.14. The molecule has 128 valence electrons. The first-order valence-corrected chi connectivity index (χ1v) is 6.75. The molecule has 10 heteroatoms. The number of aromatic nitrogens is 2. The number of amides is 1. The molecule has 0 aliphatic heterocycles. The Morgan fingerprint density at radius 1 is 1.42 bits per heavy atom. The molecule has 0 saturated carbocycles. The van der Waals surface area contributed by atoms with Crippen molar-refractivity contribution in [3.8, 4) is 5.75 Å². The molecular formula is C14H14F2N4O4. The third-order valence-electron chi connectivity index (χ3n) is 3.30. The maximum absolute atomic E-state index is 12.5. The number of alkyl halides is 2. The van der Waals surface area contributed by atoms with Crippen LogP contribution in [0.3, 0.4) is 0 Å². The van der Waals surface area contributed by atoms with E-state index in [1.807, 2.05) is 0 Å². The van der Waals surface area contributed by atoms with Crippen LogP contribution in [0.4, 0.5) is 20.2 Å². The maximum atomic E-state index is 12.5. The van der Waals surface area contributed by atoms with Crippen molar-refractivity contribution in [3.63, 3.8) is 0 Å². The van der Waals surface area contributed by atoms with Gasteiger partial charge in [0.25, 0.3) is 5.91 Å². The Morgan fingerprint density at radius 3 is 2.67 bits per heavy atom. The highest BCUT2D eigenvalue weighted by Crippen LogP contribution is 2.29. The second-order valence-corrected chi connectivity index (χ2v) is 5.00. The number of benzene rings is 1. The summed E-state index contributed by atoms with van der Waals surface area (Å²) in [5, 5.41) is 17.2. The molecule has 2 aromatic rings. The third kappa shape index (κ3) is 3.47. The van der Waals surface area contributed by atoms with Gasteiger partial charge in [0.05, 0.1) is 10.6 Å². The van der Waals surface area contributed by atoms with Crippen LogP contribution in [-0.2, 0) is 7.05 Å². The number of nitro groups is 1.